The maximum Gasteiger partial charge on any atom is 0.161 e. The molecule has 1 fully saturated rings. The second kappa shape index (κ2) is 7.91. The minimum Gasteiger partial charge on any atom is -0.394 e. The van der Waals surface area contributed by atoms with Gasteiger partial charge in [0.25, 0.3) is 0 Å². The molecular weight excluding hydrogens is 428 g/mol. The van der Waals surface area contributed by atoms with Crippen molar-refractivity contribution >= 4 is 27.5 Å². The third kappa shape index (κ3) is 3.71. The number of aryl methyl sites for hydroxylation is 1. The maximum atomic E-state index is 10.2. The SMILES string of the molecule is Cc1nc([C@@H]2C[C@H](N=[N+]=[N-])[C@H](O)[C@H](CO)O2)n(-c2cc(Cl)ccc2Br)n1. The number of hydrogen-bond donors (Lipinski definition) is 2. The van der Waals surface area contributed by atoms with Crippen LogP contribution in [0, 0.1) is 6.92 Å². The lowest BCUT2D eigenvalue weighted by Crippen LogP contribution is -2.46. The third-order valence-corrected chi connectivity index (χ3v) is 5.02. The number of ether oxygens (including phenoxy) is 1. The Kier molecular flexibility index (Phi) is 5.81. The first-order valence-electron chi connectivity index (χ1n) is 7.82. The van der Waals surface area contributed by atoms with Gasteiger partial charge in [-0.1, -0.05) is 16.7 Å². The third-order valence-electron chi connectivity index (χ3n) is 4.11. The molecule has 3 rings (SSSR count). The minimum absolute atomic E-state index is 0.206. The van der Waals surface area contributed by atoms with Crippen LogP contribution in [0.5, 0.6) is 0 Å². The molecule has 0 bridgehead atoms. The summed E-state index contributed by atoms with van der Waals surface area (Å²) in [6.45, 7) is 1.33. The zero-order valence-corrected chi connectivity index (χ0v) is 16.0. The quantitative estimate of drug-likeness (QED) is 0.426. The molecule has 9 nitrogen and oxygen atoms in total. The zero-order valence-electron chi connectivity index (χ0n) is 13.7. The molecule has 0 saturated carbocycles. The summed E-state index contributed by atoms with van der Waals surface area (Å²) in [5.41, 5.74) is 9.42. The monoisotopic (exact) mass is 442 g/mol. The number of aliphatic hydroxyl groups is 2. The molecule has 1 aromatic carbocycles. The van der Waals surface area contributed by atoms with E-state index in [0.717, 1.165) is 4.47 Å². The van der Waals surface area contributed by atoms with E-state index in [-0.39, 0.29) is 6.42 Å². The molecule has 0 spiro atoms. The van der Waals surface area contributed by atoms with Gasteiger partial charge in [-0.3, -0.25) is 0 Å². The van der Waals surface area contributed by atoms with Gasteiger partial charge in [-0.25, -0.2) is 9.67 Å². The summed E-state index contributed by atoms with van der Waals surface area (Å²) in [4.78, 5) is 7.21. The molecule has 0 amide bonds. The van der Waals surface area contributed by atoms with Gasteiger partial charge in [0.15, 0.2) is 5.82 Å². The molecule has 138 valence electrons. The molecule has 0 unspecified atom stereocenters. The van der Waals surface area contributed by atoms with Crippen molar-refractivity contribution in [2.75, 3.05) is 6.61 Å². The van der Waals surface area contributed by atoms with Gasteiger partial charge in [0.05, 0.1) is 24.4 Å². The number of hydrogen-bond acceptors (Lipinski definition) is 6. The molecule has 1 saturated heterocycles. The molecule has 1 aliphatic heterocycles. The number of aliphatic hydroxyl groups excluding tert-OH is 2. The highest BCUT2D eigenvalue weighted by atomic mass is 79.9. The van der Waals surface area contributed by atoms with Gasteiger partial charge < -0.3 is 14.9 Å². The Morgan fingerprint density at radius 1 is 1.54 bits per heavy atom. The number of rotatable bonds is 4. The van der Waals surface area contributed by atoms with Gasteiger partial charge in [-0.15, -0.1) is 0 Å². The average Bonchev–Trinajstić information content (AvgIpc) is 3.00. The summed E-state index contributed by atoms with van der Waals surface area (Å²) in [6, 6.07) is 4.52. The standard InChI is InChI=1S/C15H16BrClN6O3/c1-7-19-15(23(21-7)11-4-8(17)2-3-9(11)16)12-5-10(20-22-18)14(25)13(6-24)26-12/h2-4,10,12-14,24-25H,5-6H2,1H3/t10-,12-,13-,14-/m0/s1. The molecule has 0 radical (unpaired) electrons. The van der Waals surface area contributed by atoms with Gasteiger partial charge in [0.1, 0.15) is 18.0 Å². The first-order valence-corrected chi connectivity index (χ1v) is 8.99. The van der Waals surface area contributed by atoms with E-state index < -0.39 is 31.0 Å². The number of nitrogens with zero attached hydrogens (tertiary/aromatic N) is 6. The van der Waals surface area contributed by atoms with Crippen molar-refractivity contribution in [3.05, 3.63) is 49.8 Å². The fourth-order valence-electron chi connectivity index (χ4n) is 2.92. The van der Waals surface area contributed by atoms with Crippen LogP contribution in [0.1, 0.15) is 24.2 Å². The van der Waals surface area contributed by atoms with Crippen molar-refractivity contribution in [1.29, 1.82) is 0 Å². The van der Waals surface area contributed by atoms with Crippen molar-refractivity contribution in [2.24, 2.45) is 5.11 Å². The summed E-state index contributed by atoms with van der Waals surface area (Å²) in [5, 5.41) is 28.2. The minimum atomic E-state index is -1.09. The Hall–Kier alpha value is -1.68. The van der Waals surface area contributed by atoms with Crippen molar-refractivity contribution in [1.82, 2.24) is 14.8 Å². The number of azide groups is 1. The topological polar surface area (TPSA) is 129 Å². The van der Waals surface area contributed by atoms with E-state index in [0.29, 0.717) is 22.4 Å². The van der Waals surface area contributed by atoms with E-state index in [1.54, 1.807) is 29.8 Å². The van der Waals surface area contributed by atoms with Crippen LogP contribution in [0.25, 0.3) is 16.1 Å². The summed E-state index contributed by atoms with van der Waals surface area (Å²) in [6.07, 6.45) is -2.41. The van der Waals surface area contributed by atoms with E-state index in [2.05, 4.69) is 36.0 Å². The molecule has 4 atom stereocenters. The fraction of sp³-hybridized carbons (Fsp3) is 0.467. The lowest BCUT2D eigenvalue weighted by molar-refractivity contribution is -0.146. The smallest absolute Gasteiger partial charge is 0.161 e. The highest BCUT2D eigenvalue weighted by Gasteiger charge is 2.39. The number of halogens is 2. The van der Waals surface area contributed by atoms with E-state index in [1.165, 1.54) is 0 Å². The van der Waals surface area contributed by atoms with E-state index >= 15 is 0 Å². The molecular formula is C15H16BrClN6O3. The molecule has 0 aliphatic carbocycles. The molecule has 2 heterocycles. The lowest BCUT2D eigenvalue weighted by atomic mass is 9.96. The van der Waals surface area contributed by atoms with Crippen molar-refractivity contribution in [3.8, 4) is 5.69 Å². The number of benzene rings is 1. The van der Waals surface area contributed by atoms with Crippen molar-refractivity contribution in [3.63, 3.8) is 0 Å². The van der Waals surface area contributed by atoms with Crippen LogP contribution in [-0.2, 0) is 4.74 Å². The van der Waals surface area contributed by atoms with Crippen LogP contribution in [0.3, 0.4) is 0 Å². The van der Waals surface area contributed by atoms with Crippen LogP contribution in [0.15, 0.2) is 27.8 Å². The summed E-state index contributed by atoms with van der Waals surface area (Å²) >= 11 is 9.58. The maximum absolute atomic E-state index is 10.2. The fourth-order valence-corrected chi connectivity index (χ4v) is 3.50. The second-order valence-corrected chi connectivity index (χ2v) is 7.16. The lowest BCUT2D eigenvalue weighted by Gasteiger charge is -2.36. The Balaban J connectivity index is 2.04. The van der Waals surface area contributed by atoms with E-state index in [4.69, 9.17) is 21.9 Å². The van der Waals surface area contributed by atoms with Crippen LogP contribution in [0.2, 0.25) is 5.02 Å². The molecule has 2 aromatic rings. The average molecular weight is 444 g/mol. The van der Waals surface area contributed by atoms with Crippen LogP contribution in [-0.4, -0.2) is 49.8 Å². The van der Waals surface area contributed by atoms with Gasteiger partial charge in [0, 0.05) is 14.4 Å². The zero-order chi connectivity index (χ0) is 18.8. The Morgan fingerprint density at radius 3 is 3.00 bits per heavy atom. The number of aromatic nitrogens is 3. The molecule has 1 aromatic heterocycles. The second-order valence-electron chi connectivity index (χ2n) is 5.87. The summed E-state index contributed by atoms with van der Waals surface area (Å²) in [5.74, 6) is 0.983. The Bertz CT molecular complexity index is 856. The van der Waals surface area contributed by atoms with Gasteiger partial charge in [-0.05, 0) is 53.0 Å². The molecule has 1 aliphatic rings. The Labute approximate surface area is 162 Å². The van der Waals surface area contributed by atoms with E-state index in [9.17, 15) is 10.2 Å². The Morgan fingerprint density at radius 2 is 2.31 bits per heavy atom. The first kappa shape index (κ1) is 19.1. The molecule has 26 heavy (non-hydrogen) atoms. The van der Waals surface area contributed by atoms with Crippen molar-refractivity contribution in [2.45, 2.75) is 37.7 Å². The van der Waals surface area contributed by atoms with Gasteiger partial charge in [0.2, 0.25) is 0 Å². The van der Waals surface area contributed by atoms with Gasteiger partial charge in [-0.2, -0.15) is 5.10 Å². The first-order chi connectivity index (χ1) is 12.4. The van der Waals surface area contributed by atoms with Crippen molar-refractivity contribution < 1.29 is 14.9 Å². The predicted octanol–water partition coefficient (Wildman–Crippen LogP) is 2.85. The molecule has 11 heteroatoms. The van der Waals surface area contributed by atoms with Gasteiger partial charge >= 0.3 is 0 Å². The largest absolute Gasteiger partial charge is 0.394 e. The predicted molar refractivity (Wildman–Crippen MR) is 97.1 cm³/mol. The summed E-state index contributed by atoms with van der Waals surface area (Å²) in [7, 11) is 0. The van der Waals surface area contributed by atoms with E-state index in [1.807, 2.05) is 0 Å². The van der Waals surface area contributed by atoms with Crippen LogP contribution in [0.4, 0.5) is 0 Å². The highest BCUT2D eigenvalue weighted by Crippen LogP contribution is 2.35. The normalized spacial score (nSPS) is 25.7. The highest BCUT2D eigenvalue weighted by molar-refractivity contribution is 9.10. The summed E-state index contributed by atoms with van der Waals surface area (Å²) < 4.78 is 8.15. The van der Waals surface area contributed by atoms with Crippen LogP contribution >= 0.6 is 27.5 Å². The van der Waals surface area contributed by atoms with Crippen LogP contribution < -0.4 is 0 Å². The molecule has 2 N–H and O–H groups in total.